The quantitative estimate of drug-likeness (QED) is 0.0947. The van der Waals surface area contributed by atoms with Crippen LogP contribution in [-0.4, -0.2) is 60.3 Å². The maximum atomic E-state index is 8.74. The Morgan fingerprint density at radius 3 is 0.903 bits per heavy atom. The third kappa shape index (κ3) is 49.2. The summed E-state index contributed by atoms with van der Waals surface area (Å²) in [5.41, 5.74) is 0. The summed E-state index contributed by atoms with van der Waals surface area (Å²) in [7, 11) is -4.67. The van der Waals surface area contributed by atoms with Gasteiger partial charge in [0.05, 0.1) is 0 Å². The fourth-order valence-corrected chi connectivity index (χ4v) is 3.49. The van der Waals surface area contributed by atoms with E-state index in [1.165, 1.54) is 128 Å². The Labute approximate surface area is 216 Å². The smallest absolute Gasteiger partial charge is 0.381 e. The van der Waals surface area contributed by atoms with Crippen LogP contribution < -0.4 is 0 Å². The molecule has 185 valence electrons. The average Bonchev–Trinajstić information content (AvgIpc) is 2.68. The molecule has 2 N–H and O–H groups in total. The fraction of sp³-hybridized carbons (Fsp3) is 1.00. The van der Waals surface area contributed by atoms with Crippen LogP contribution in [0.1, 0.15) is 142 Å². The van der Waals surface area contributed by atoms with Gasteiger partial charge in [0, 0.05) is 42.8 Å². The Morgan fingerprint density at radius 1 is 0.484 bits per heavy atom. The second-order valence-corrected chi connectivity index (χ2v) is 9.32. The Hall–Kier alpha value is 0.830. The molecule has 0 aliphatic rings. The maximum absolute atomic E-state index is 8.74. The molecule has 0 heterocycles. The van der Waals surface area contributed by atoms with Crippen molar-refractivity contribution < 1.29 is 22.3 Å². The van der Waals surface area contributed by atoms with Crippen molar-refractivity contribution in [1.82, 2.24) is 0 Å². The van der Waals surface area contributed by atoms with E-state index in [0.29, 0.717) is 0 Å². The van der Waals surface area contributed by atoms with Gasteiger partial charge in [-0.2, -0.15) is 8.42 Å². The van der Waals surface area contributed by atoms with Crippen molar-refractivity contribution in [2.24, 2.45) is 0 Å². The molecule has 31 heavy (non-hydrogen) atoms. The first-order chi connectivity index (χ1) is 14.4. The summed E-state index contributed by atoms with van der Waals surface area (Å²) in [4.78, 5) is 0. The van der Waals surface area contributed by atoms with E-state index in [0.717, 1.165) is 13.2 Å². The zero-order valence-corrected chi connectivity index (χ0v) is 23.9. The Balaban J connectivity index is -0.00000116. The number of ether oxygens (including phenoxy) is 1. The summed E-state index contributed by atoms with van der Waals surface area (Å²) >= 11 is 0. The van der Waals surface area contributed by atoms with Crippen LogP contribution >= 0.6 is 0 Å². The first-order valence-electron chi connectivity index (χ1n) is 12.7. The van der Waals surface area contributed by atoms with Crippen molar-refractivity contribution in [3.05, 3.63) is 0 Å². The van der Waals surface area contributed by atoms with Gasteiger partial charge in [-0.3, -0.25) is 9.11 Å². The predicted molar refractivity (Wildman–Crippen MR) is 134 cm³/mol. The van der Waals surface area contributed by atoms with Crippen molar-refractivity contribution in [3.8, 4) is 0 Å². The molecule has 0 unspecified atom stereocenters. The van der Waals surface area contributed by atoms with Gasteiger partial charge < -0.3 is 4.74 Å². The average molecular weight is 476 g/mol. The molecule has 5 nitrogen and oxygen atoms in total. The summed E-state index contributed by atoms with van der Waals surface area (Å²) in [5.74, 6) is 0. The molecular weight excluding hydrogens is 423 g/mol. The van der Waals surface area contributed by atoms with Gasteiger partial charge in [-0.1, -0.05) is 129 Å². The minimum atomic E-state index is -4.67. The van der Waals surface area contributed by atoms with Crippen molar-refractivity contribution in [1.29, 1.82) is 0 Å². The van der Waals surface area contributed by atoms with Gasteiger partial charge in [0.1, 0.15) is 0 Å². The van der Waals surface area contributed by atoms with Crippen LogP contribution in [0, 0.1) is 0 Å². The third-order valence-corrected chi connectivity index (χ3v) is 5.28. The normalized spacial score (nSPS) is 11.0. The van der Waals surface area contributed by atoms with Gasteiger partial charge >= 0.3 is 10.4 Å². The molecule has 0 aliphatic heterocycles. The molecule has 0 atom stereocenters. The van der Waals surface area contributed by atoms with E-state index in [1.807, 2.05) is 0 Å². The standard InChI is InChI=1S/C24H50O.Na.H2O4S/c1-3-5-7-9-11-13-15-17-19-21-23-25-24-22-20-18-16-14-12-10-8-6-4-2;;1-5(2,3)4/h3-24H2,1-2H3;;(H2,1,2,3,4). The van der Waals surface area contributed by atoms with Gasteiger partial charge in [-0.05, 0) is 12.8 Å². The van der Waals surface area contributed by atoms with Crippen molar-refractivity contribution in [2.45, 2.75) is 142 Å². The second-order valence-electron chi connectivity index (χ2n) is 8.42. The maximum Gasteiger partial charge on any atom is 0.394 e. The summed E-state index contributed by atoms with van der Waals surface area (Å²) in [5, 5.41) is 0. The SMILES string of the molecule is CCCCCCCCCCCCOCCCCCCCCCCCC.O=S(=O)(O)O.[Na]. The summed E-state index contributed by atoms with van der Waals surface area (Å²) < 4.78 is 37.4. The minimum Gasteiger partial charge on any atom is -0.381 e. The molecule has 0 rings (SSSR count). The molecule has 0 fully saturated rings. The fourth-order valence-electron chi connectivity index (χ4n) is 3.49. The number of hydrogen-bond donors (Lipinski definition) is 2. The Morgan fingerprint density at radius 2 is 0.677 bits per heavy atom. The van der Waals surface area contributed by atoms with Crippen LogP contribution in [0.3, 0.4) is 0 Å². The van der Waals surface area contributed by atoms with E-state index in [-0.39, 0.29) is 29.6 Å². The third-order valence-electron chi connectivity index (χ3n) is 5.28. The van der Waals surface area contributed by atoms with E-state index >= 15 is 0 Å². The number of rotatable bonds is 22. The molecule has 0 amide bonds. The molecule has 0 aromatic carbocycles. The summed E-state index contributed by atoms with van der Waals surface area (Å²) in [6.45, 7) is 6.57. The molecule has 0 saturated heterocycles. The van der Waals surface area contributed by atoms with Gasteiger partial charge in [0.25, 0.3) is 0 Å². The van der Waals surface area contributed by atoms with Crippen molar-refractivity contribution in [2.75, 3.05) is 13.2 Å². The Bertz CT molecular complexity index is 375. The minimum absolute atomic E-state index is 0. The van der Waals surface area contributed by atoms with E-state index in [4.69, 9.17) is 22.3 Å². The molecular formula is C24H52NaO5S. The van der Waals surface area contributed by atoms with Crippen LogP contribution in [0.4, 0.5) is 0 Å². The number of hydrogen-bond acceptors (Lipinski definition) is 3. The molecule has 0 spiro atoms. The largest absolute Gasteiger partial charge is 0.394 e. The summed E-state index contributed by atoms with van der Waals surface area (Å²) in [6, 6.07) is 0. The van der Waals surface area contributed by atoms with Crippen LogP contribution in [0.15, 0.2) is 0 Å². The number of unbranched alkanes of at least 4 members (excludes halogenated alkanes) is 18. The van der Waals surface area contributed by atoms with Gasteiger partial charge in [0.2, 0.25) is 0 Å². The van der Waals surface area contributed by atoms with E-state index in [9.17, 15) is 0 Å². The van der Waals surface area contributed by atoms with Gasteiger partial charge in [0.15, 0.2) is 0 Å². The first kappa shape index (κ1) is 36.4. The van der Waals surface area contributed by atoms with E-state index < -0.39 is 10.4 Å². The molecule has 0 aromatic rings. The first-order valence-corrected chi connectivity index (χ1v) is 14.1. The predicted octanol–water partition coefficient (Wildman–Crippen LogP) is 7.81. The zero-order valence-electron chi connectivity index (χ0n) is 21.1. The monoisotopic (exact) mass is 475 g/mol. The second kappa shape index (κ2) is 30.8. The van der Waals surface area contributed by atoms with Crippen LogP contribution in [0.25, 0.3) is 0 Å². The summed E-state index contributed by atoms with van der Waals surface area (Å²) in [6.07, 6.45) is 28.2. The topological polar surface area (TPSA) is 83.8 Å². The zero-order chi connectivity index (χ0) is 22.8. The Kier molecular flexibility index (Phi) is 36.2. The molecule has 0 bridgehead atoms. The van der Waals surface area contributed by atoms with Gasteiger partial charge in [-0.15, -0.1) is 0 Å². The molecule has 0 saturated carbocycles. The molecule has 7 heteroatoms. The van der Waals surface area contributed by atoms with Crippen LogP contribution in [-0.2, 0) is 15.1 Å². The molecule has 0 aliphatic carbocycles. The molecule has 1 radical (unpaired) electrons. The van der Waals surface area contributed by atoms with Crippen LogP contribution in [0.2, 0.25) is 0 Å². The van der Waals surface area contributed by atoms with Gasteiger partial charge in [-0.25, -0.2) is 0 Å². The van der Waals surface area contributed by atoms with E-state index in [2.05, 4.69) is 13.8 Å². The van der Waals surface area contributed by atoms with Crippen molar-refractivity contribution in [3.63, 3.8) is 0 Å². The van der Waals surface area contributed by atoms with Crippen molar-refractivity contribution >= 4 is 40.0 Å². The van der Waals surface area contributed by atoms with E-state index in [1.54, 1.807) is 0 Å². The molecule has 0 aromatic heterocycles. The van der Waals surface area contributed by atoms with Crippen LogP contribution in [0.5, 0.6) is 0 Å².